The zero-order chi connectivity index (χ0) is 19.7. The second-order valence-corrected chi connectivity index (χ2v) is 7.85. The molecule has 0 spiro atoms. The lowest BCUT2D eigenvalue weighted by Crippen LogP contribution is -2.59. The molecular weight excluding hydrogens is 364 g/mol. The Labute approximate surface area is 168 Å². The van der Waals surface area contributed by atoms with Crippen molar-refractivity contribution < 1.29 is 18.9 Å². The fourth-order valence-electron chi connectivity index (χ4n) is 5.48. The van der Waals surface area contributed by atoms with Crippen molar-refractivity contribution in [3.63, 3.8) is 0 Å². The third kappa shape index (κ3) is 2.02. The number of methoxy groups -OCH3 is 1. The lowest BCUT2D eigenvalue weighted by molar-refractivity contribution is -0.736. The van der Waals surface area contributed by atoms with E-state index in [2.05, 4.69) is 22.8 Å². The van der Waals surface area contributed by atoms with E-state index in [1.54, 1.807) is 31.4 Å². The van der Waals surface area contributed by atoms with Crippen LogP contribution in [-0.4, -0.2) is 18.9 Å². The van der Waals surface area contributed by atoms with E-state index >= 15 is 0 Å². The van der Waals surface area contributed by atoms with E-state index in [1.807, 2.05) is 30.5 Å². The number of anilines is 1. The van der Waals surface area contributed by atoms with Crippen molar-refractivity contribution in [1.29, 1.82) is 0 Å². The summed E-state index contributed by atoms with van der Waals surface area (Å²) in [5.41, 5.74) is 4.03. The van der Waals surface area contributed by atoms with E-state index < -0.39 is 0 Å². The summed E-state index contributed by atoms with van der Waals surface area (Å²) in [4.78, 5) is 28.5. The van der Waals surface area contributed by atoms with E-state index in [1.165, 1.54) is 10.5 Å². The molecule has 3 aliphatic heterocycles. The molecule has 7 rings (SSSR count). The first-order valence-corrected chi connectivity index (χ1v) is 9.81. The Balaban J connectivity index is 1.53. The monoisotopic (exact) mass is 383 g/mol. The molecule has 5 nitrogen and oxygen atoms in total. The Morgan fingerprint density at radius 1 is 0.828 bits per heavy atom. The fraction of sp³-hybridized carbons (Fsp3) is 0.208. The van der Waals surface area contributed by atoms with Crippen LogP contribution in [0.5, 0.6) is 5.75 Å². The van der Waals surface area contributed by atoms with Gasteiger partial charge in [-0.2, -0.15) is 4.57 Å². The summed E-state index contributed by atoms with van der Waals surface area (Å²) in [7, 11) is 1.60. The van der Waals surface area contributed by atoms with Gasteiger partial charge < -0.3 is 4.74 Å². The molecule has 0 unspecified atom stereocenters. The summed E-state index contributed by atoms with van der Waals surface area (Å²) in [6, 6.07) is 21.3. The van der Waals surface area contributed by atoms with Crippen LogP contribution < -0.4 is 14.2 Å². The quantitative estimate of drug-likeness (QED) is 0.505. The first-order valence-electron chi connectivity index (χ1n) is 9.81. The first kappa shape index (κ1) is 16.5. The molecule has 1 saturated heterocycles. The highest BCUT2D eigenvalue weighted by atomic mass is 16.5. The number of pyridine rings is 1. The van der Waals surface area contributed by atoms with Crippen LogP contribution in [0.3, 0.4) is 0 Å². The van der Waals surface area contributed by atoms with Crippen LogP contribution in [0.2, 0.25) is 0 Å². The van der Waals surface area contributed by atoms with Gasteiger partial charge in [-0.25, -0.2) is 4.90 Å². The van der Waals surface area contributed by atoms with Gasteiger partial charge in [0.15, 0.2) is 17.9 Å². The number of aromatic nitrogens is 1. The van der Waals surface area contributed by atoms with E-state index in [0.717, 1.165) is 11.3 Å². The standard InChI is InChI=1S/C24H19N2O3/c1-29-15-11-9-14(10-12-15)26-23(27)20-19-16-6-2-3-7-17(16)22(21(20)24(26)28)25-13-5-4-8-18(19)25/h2-13,19-22H,1H3/q+1/t19-,20+,21+,22-/m0/s1. The van der Waals surface area contributed by atoms with Gasteiger partial charge in [-0.15, -0.1) is 0 Å². The molecule has 4 aliphatic rings. The molecule has 142 valence electrons. The molecular formula is C24H19N2O3+. The minimum atomic E-state index is -0.385. The number of benzene rings is 2. The van der Waals surface area contributed by atoms with Crippen molar-refractivity contribution >= 4 is 17.5 Å². The molecule has 2 aromatic carbocycles. The number of imide groups is 1. The normalized spacial score (nSPS) is 26.2. The van der Waals surface area contributed by atoms with Crippen LogP contribution in [0.4, 0.5) is 5.69 Å². The zero-order valence-electron chi connectivity index (χ0n) is 15.9. The van der Waals surface area contributed by atoms with Gasteiger partial charge in [-0.3, -0.25) is 9.59 Å². The number of hydrogen-bond acceptors (Lipinski definition) is 3. The summed E-state index contributed by atoms with van der Waals surface area (Å²) >= 11 is 0. The highest BCUT2D eigenvalue weighted by Gasteiger charge is 2.66. The van der Waals surface area contributed by atoms with Crippen LogP contribution in [0.1, 0.15) is 28.8 Å². The molecule has 0 N–H and O–H groups in total. The van der Waals surface area contributed by atoms with Gasteiger partial charge in [0.25, 0.3) is 0 Å². The second-order valence-electron chi connectivity index (χ2n) is 7.85. The molecule has 5 heteroatoms. The fourth-order valence-corrected chi connectivity index (χ4v) is 5.48. The smallest absolute Gasteiger partial charge is 0.244 e. The lowest BCUT2D eigenvalue weighted by atomic mass is 9.63. The Kier molecular flexibility index (Phi) is 3.28. The van der Waals surface area contributed by atoms with Gasteiger partial charge in [0.1, 0.15) is 11.7 Å². The molecule has 29 heavy (non-hydrogen) atoms. The summed E-state index contributed by atoms with van der Waals surface area (Å²) in [5.74, 6) is -0.388. The van der Waals surface area contributed by atoms with E-state index in [9.17, 15) is 9.59 Å². The van der Waals surface area contributed by atoms with Crippen LogP contribution in [0.15, 0.2) is 72.9 Å². The molecule has 2 bridgehead atoms. The molecule has 3 aromatic rings. The number of carbonyl (C=O) groups is 2. The predicted octanol–water partition coefficient (Wildman–Crippen LogP) is 2.84. The molecule has 0 radical (unpaired) electrons. The molecule has 4 atom stereocenters. The van der Waals surface area contributed by atoms with Crippen molar-refractivity contribution in [2.24, 2.45) is 11.8 Å². The third-order valence-electron chi connectivity index (χ3n) is 6.62. The number of nitrogens with zero attached hydrogens (tertiary/aromatic N) is 2. The topological polar surface area (TPSA) is 50.5 Å². The van der Waals surface area contributed by atoms with Gasteiger partial charge in [0.2, 0.25) is 11.8 Å². The summed E-state index contributed by atoms with van der Waals surface area (Å²) in [5, 5.41) is 0. The van der Waals surface area contributed by atoms with E-state index in [4.69, 9.17) is 4.74 Å². The van der Waals surface area contributed by atoms with Gasteiger partial charge in [-0.1, -0.05) is 30.3 Å². The minimum absolute atomic E-state index is 0.107. The average Bonchev–Trinajstić information content (AvgIpc) is 3.04. The first-order chi connectivity index (χ1) is 14.2. The maximum atomic E-state index is 13.6. The van der Waals surface area contributed by atoms with Crippen molar-refractivity contribution in [2.45, 2.75) is 12.0 Å². The van der Waals surface area contributed by atoms with Crippen molar-refractivity contribution in [2.75, 3.05) is 12.0 Å². The highest BCUT2D eigenvalue weighted by Crippen LogP contribution is 2.55. The summed E-state index contributed by atoms with van der Waals surface area (Å²) in [6.07, 6.45) is 2.03. The van der Waals surface area contributed by atoms with Crippen molar-refractivity contribution in [1.82, 2.24) is 0 Å². The van der Waals surface area contributed by atoms with Crippen LogP contribution in [0, 0.1) is 11.8 Å². The second kappa shape index (κ2) is 5.77. The average molecular weight is 383 g/mol. The minimum Gasteiger partial charge on any atom is -0.497 e. The molecule has 1 fully saturated rings. The number of hydrogen-bond donors (Lipinski definition) is 0. The number of amides is 2. The Morgan fingerprint density at radius 2 is 1.52 bits per heavy atom. The largest absolute Gasteiger partial charge is 0.497 e. The molecule has 4 heterocycles. The zero-order valence-corrected chi connectivity index (χ0v) is 15.9. The van der Waals surface area contributed by atoms with Gasteiger partial charge >= 0.3 is 0 Å². The maximum absolute atomic E-state index is 13.6. The van der Waals surface area contributed by atoms with Crippen molar-refractivity contribution in [3.05, 3.63) is 89.7 Å². The van der Waals surface area contributed by atoms with E-state index in [-0.39, 0.29) is 35.6 Å². The van der Waals surface area contributed by atoms with Gasteiger partial charge in [-0.05, 0) is 29.8 Å². The Morgan fingerprint density at radius 3 is 2.28 bits per heavy atom. The van der Waals surface area contributed by atoms with Crippen LogP contribution in [-0.2, 0) is 9.59 Å². The van der Waals surface area contributed by atoms with Crippen molar-refractivity contribution in [3.8, 4) is 5.75 Å². The molecule has 0 saturated carbocycles. The molecule has 1 aromatic heterocycles. The van der Waals surface area contributed by atoms with Crippen LogP contribution in [0.25, 0.3) is 0 Å². The number of rotatable bonds is 2. The number of carbonyl (C=O) groups excluding carboxylic acids is 2. The maximum Gasteiger partial charge on any atom is 0.244 e. The van der Waals surface area contributed by atoms with Crippen LogP contribution >= 0.6 is 0 Å². The summed E-state index contributed by atoms with van der Waals surface area (Å²) < 4.78 is 7.41. The number of ether oxygens (including phenoxy) is 1. The molecule has 2 amide bonds. The Bertz CT molecular complexity index is 1060. The Hall–Kier alpha value is -3.47. The van der Waals surface area contributed by atoms with Gasteiger partial charge in [0, 0.05) is 17.7 Å². The highest BCUT2D eigenvalue weighted by molar-refractivity contribution is 6.23. The van der Waals surface area contributed by atoms with E-state index in [0.29, 0.717) is 11.4 Å². The third-order valence-corrected chi connectivity index (χ3v) is 6.62. The lowest BCUT2D eigenvalue weighted by Gasteiger charge is -2.40. The van der Waals surface area contributed by atoms with Gasteiger partial charge in [0.05, 0.1) is 24.6 Å². The molecule has 1 aliphatic carbocycles. The predicted molar refractivity (Wildman–Crippen MR) is 106 cm³/mol. The summed E-state index contributed by atoms with van der Waals surface area (Å²) in [6.45, 7) is 0. The SMILES string of the molecule is COc1ccc(N2C(=O)[C@@H]3[C@H]4c5ccccc5[C@@H]([C@@H]3C2=O)[n+]2ccccc24)cc1.